The molecule has 1 aromatic heterocycles. The summed E-state index contributed by atoms with van der Waals surface area (Å²) in [4.78, 5) is 0. The first-order valence-electron chi connectivity index (χ1n) is 5.41. The highest BCUT2D eigenvalue weighted by Gasteiger charge is 2.26. The molecule has 2 N–H and O–H groups in total. The SMILES string of the molecule is Cl.Cn1ncc(Cl)c1S(=O)(=O)NC1CCCNC1. The van der Waals surface area contributed by atoms with Gasteiger partial charge < -0.3 is 5.32 Å². The Morgan fingerprint density at radius 1 is 1.61 bits per heavy atom. The van der Waals surface area contributed by atoms with E-state index in [2.05, 4.69) is 15.1 Å². The molecule has 0 aliphatic carbocycles. The second kappa shape index (κ2) is 6.21. The van der Waals surface area contributed by atoms with E-state index in [0.717, 1.165) is 19.4 Å². The number of nitrogens with one attached hydrogen (secondary N) is 2. The predicted octanol–water partition coefficient (Wildman–Crippen LogP) is 0.526. The summed E-state index contributed by atoms with van der Waals surface area (Å²) in [5.41, 5.74) is 0. The molecule has 18 heavy (non-hydrogen) atoms. The number of halogens is 2. The second-order valence-electron chi connectivity index (χ2n) is 4.09. The fourth-order valence-corrected chi connectivity index (χ4v) is 3.86. The lowest BCUT2D eigenvalue weighted by molar-refractivity contribution is 0.427. The molecule has 6 nitrogen and oxygen atoms in total. The first-order valence-corrected chi connectivity index (χ1v) is 7.27. The van der Waals surface area contributed by atoms with Gasteiger partial charge in [0.25, 0.3) is 10.0 Å². The molecule has 2 heterocycles. The van der Waals surface area contributed by atoms with Gasteiger partial charge >= 0.3 is 0 Å². The van der Waals surface area contributed by atoms with Crippen LogP contribution in [-0.4, -0.2) is 37.3 Å². The Morgan fingerprint density at radius 3 is 2.83 bits per heavy atom. The molecule has 0 radical (unpaired) electrons. The fraction of sp³-hybridized carbons (Fsp3) is 0.667. The topological polar surface area (TPSA) is 76.0 Å². The summed E-state index contributed by atoms with van der Waals surface area (Å²) in [5, 5.41) is 7.14. The van der Waals surface area contributed by atoms with Crippen molar-refractivity contribution in [3.8, 4) is 0 Å². The highest BCUT2D eigenvalue weighted by Crippen LogP contribution is 2.20. The van der Waals surface area contributed by atoms with Gasteiger partial charge in [0.2, 0.25) is 0 Å². The van der Waals surface area contributed by atoms with Crippen LogP contribution in [0.3, 0.4) is 0 Å². The summed E-state index contributed by atoms with van der Waals surface area (Å²) < 4.78 is 28.1. The van der Waals surface area contributed by atoms with Gasteiger partial charge in [0.15, 0.2) is 5.03 Å². The van der Waals surface area contributed by atoms with Crippen molar-refractivity contribution in [2.45, 2.75) is 23.9 Å². The van der Waals surface area contributed by atoms with E-state index < -0.39 is 10.0 Å². The predicted molar refractivity (Wildman–Crippen MR) is 71.7 cm³/mol. The Balaban J connectivity index is 0.00000162. The molecule has 1 aliphatic rings. The zero-order valence-electron chi connectivity index (χ0n) is 9.89. The maximum absolute atomic E-state index is 12.1. The van der Waals surface area contributed by atoms with Gasteiger partial charge in [-0.3, -0.25) is 4.68 Å². The van der Waals surface area contributed by atoms with Crippen molar-refractivity contribution < 1.29 is 8.42 Å². The van der Waals surface area contributed by atoms with Crippen LogP contribution in [0.4, 0.5) is 0 Å². The van der Waals surface area contributed by atoms with E-state index in [-0.39, 0.29) is 28.5 Å². The molecular formula is C9H16Cl2N4O2S. The number of piperidine rings is 1. The monoisotopic (exact) mass is 314 g/mol. The summed E-state index contributed by atoms with van der Waals surface area (Å²) in [6.07, 6.45) is 3.13. The van der Waals surface area contributed by atoms with Gasteiger partial charge in [-0.05, 0) is 19.4 Å². The molecule has 0 bridgehead atoms. The van der Waals surface area contributed by atoms with Crippen LogP contribution in [0.15, 0.2) is 11.2 Å². The van der Waals surface area contributed by atoms with E-state index in [1.807, 2.05) is 0 Å². The molecule has 0 spiro atoms. The largest absolute Gasteiger partial charge is 0.315 e. The quantitative estimate of drug-likeness (QED) is 0.853. The van der Waals surface area contributed by atoms with Crippen LogP contribution in [0.5, 0.6) is 0 Å². The number of aryl methyl sites for hydroxylation is 1. The van der Waals surface area contributed by atoms with E-state index in [1.165, 1.54) is 10.9 Å². The van der Waals surface area contributed by atoms with Gasteiger partial charge in [-0.15, -0.1) is 12.4 Å². The number of nitrogens with zero attached hydrogens (tertiary/aromatic N) is 2. The van der Waals surface area contributed by atoms with Gasteiger partial charge in [0.1, 0.15) is 0 Å². The van der Waals surface area contributed by atoms with Crippen LogP contribution >= 0.6 is 24.0 Å². The highest BCUT2D eigenvalue weighted by molar-refractivity contribution is 7.89. The second-order valence-corrected chi connectivity index (χ2v) is 6.12. The van der Waals surface area contributed by atoms with Crippen LogP contribution in [0, 0.1) is 0 Å². The molecule has 1 atom stereocenters. The third kappa shape index (κ3) is 3.36. The van der Waals surface area contributed by atoms with Crippen LogP contribution in [-0.2, 0) is 17.1 Å². The third-order valence-corrected chi connectivity index (χ3v) is 4.74. The highest BCUT2D eigenvalue weighted by atomic mass is 35.5. The normalized spacial score (nSPS) is 20.4. The molecule has 104 valence electrons. The first-order chi connectivity index (χ1) is 8.00. The Labute approximate surface area is 118 Å². The van der Waals surface area contributed by atoms with Crippen molar-refractivity contribution in [2.24, 2.45) is 7.05 Å². The van der Waals surface area contributed by atoms with Crippen molar-refractivity contribution in [3.05, 3.63) is 11.2 Å². The number of sulfonamides is 1. The van der Waals surface area contributed by atoms with Crippen LogP contribution in [0.1, 0.15) is 12.8 Å². The van der Waals surface area contributed by atoms with E-state index in [0.29, 0.717) is 6.54 Å². The number of hydrogen-bond acceptors (Lipinski definition) is 4. The van der Waals surface area contributed by atoms with Crippen molar-refractivity contribution in [2.75, 3.05) is 13.1 Å². The van der Waals surface area contributed by atoms with Gasteiger partial charge in [-0.25, -0.2) is 13.1 Å². The number of hydrogen-bond donors (Lipinski definition) is 2. The van der Waals surface area contributed by atoms with Gasteiger partial charge in [0, 0.05) is 19.6 Å². The molecule has 9 heteroatoms. The van der Waals surface area contributed by atoms with Crippen molar-refractivity contribution in [1.29, 1.82) is 0 Å². The molecule has 2 rings (SSSR count). The van der Waals surface area contributed by atoms with Crippen LogP contribution in [0.2, 0.25) is 5.02 Å². The molecule has 1 aromatic rings. The van der Waals surface area contributed by atoms with Crippen molar-refractivity contribution in [3.63, 3.8) is 0 Å². The lowest BCUT2D eigenvalue weighted by atomic mass is 10.1. The smallest absolute Gasteiger partial charge is 0.259 e. The minimum absolute atomic E-state index is 0. The average Bonchev–Trinajstić information content (AvgIpc) is 2.59. The fourth-order valence-electron chi connectivity index (χ4n) is 1.93. The lowest BCUT2D eigenvalue weighted by Gasteiger charge is -2.23. The lowest BCUT2D eigenvalue weighted by Crippen LogP contribution is -2.45. The Morgan fingerprint density at radius 2 is 2.33 bits per heavy atom. The number of rotatable bonds is 3. The van der Waals surface area contributed by atoms with E-state index in [9.17, 15) is 8.42 Å². The summed E-state index contributed by atoms with van der Waals surface area (Å²) in [6.45, 7) is 1.58. The molecule has 0 saturated carbocycles. The Bertz CT molecular complexity index is 477. The van der Waals surface area contributed by atoms with E-state index >= 15 is 0 Å². The van der Waals surface area contributed by atoms with Crippen LogP contribution < -0.4 is 10.0 Å². The van der Waals surface area contributed by atoms with Crippen molar-refractivity contribution in [1.82, 2.24) is 19.8 Å². The molecule has 0 aromatic carbocycles. The molecule has 0 amide bonds. The Hall–Kier alpha value is -0.340. The molecule has 1 saturated heterocycles. The summed E-state index contributed by atoms with van der Waals surface area (Å²) in [7, 11) is -2.04. The van der Waals surface area contributed by atoms with E-state index in [4.69, 9.17) is 11.6 Å². The maximum atomic E-state index is 12.1. The molecule has 1 aliphatic heterocycles. The molecular weight excluding hydrogens is 299 g/mol. The Kier molecular flexibility index (Phi) is 5.42. The molecule has 1 fully saturated rings. The molecule has 1 unspecified atom stereocenters. The maximum Gasteiger partial charge on any atom is 0.259 e. The van der Waals surface area contributed by atoms with Crippen LogP contribution in [0.25, 0.3) is 0 Å². The number of aromatic nitrogens is 2. The van der Waals surface area contributed by atoms with Gasteiger partial charge in [-0.1, -0.05) is 11.6 Å². The van der Waals surface area contributed by atoms with Crippen molar-refractivity contribution >= 4 is 34.0 Å². The zero-order chi connectivity index (χ0) is 12.5. The van der Waals surface area contributed by atoms with E-state index in [1.54, 1.807) is 7.05 Å². The zero-order valence-corrected chi connectivity index (χ0v) is 12.3. The first kappa shape index (κ1) is 15.7. The summed E-state index contributed by atoms with van der Waals surface area (Å²) in [6, 6.07) is -0.0836. The minimum Gasteiger partial charge on any atom is -0.315 e. The van der Waals surface area contributed by atoms with Gasteiger partial charge in [0.05, 0.1) is 11.2 Å². The minimum atomic E-state index is -3.60. The standard InChI is InChI=1S/C9H15ClN4O2S.ClH/c1-14-9(8(10)6-12-14)17(15,16)13-7-3-2-4-11-5-7;/h6-7,11,13H,2-5H2,1H3;1H. The van der Waals surface area contributed by atoms with Gasteiger partial charge in [-0.2, -0.15) is 5.10 Å². The average molecular weight is 315 g/mol. The third-order valence-electron chi connectivity index (χ3n) is 2.72. The summed E-state index contributed by atoms with van der Waals surface area (Å²) >= 11 is 5.83. The summed E-state index contributed by atoms with van der Waals surface area (Å²) in [5.74, 6) is 0.